The zero-order chi connectivity index (χ0) is 13.7. The van der Waals surface area contributed by atoms with Crippen molar-refractivity contribution < 1.29 is 9.84 Å². The number of H-pyrrole nitrogens is 1. The second-order valence-electron chi connectivity index (χ2n) is 4.02. The summed E-state index contributed by atoms with van der Waals surface area (Å²) in [4.78, 5) is 4.14. The number of para-hydroxylation sites is 2. The van der Waals surface area contributed by atoms with Gasteiger partial charge >= 0.3 is 0 Å². The first-order valence-electron chi connectivity index (χ1n) is 5.82. The Morgan fingerprint density at radius 3 is 2.95 bits per heavy atom. The predicted octanol–water partition coefficient (Wildman–Crippen LogP) is 1.23. The standard InChI is InChI=1S/C12H16N4O2S/c1-8-14-12(16-15-8)19-7-9(17)6-18-11-5-3-2-4-10(11)13/h2-5,9,17H,6-7,13H2,1H3,(H,14,15,16). The molecule has 19 heavy (non-hydrogen) atoms. The number of aliphatic hydroxyl groups is 1. The van der Waals surface area contributed by atoms with E-state index in [1.54, 1.807) is 12.1 Å². The number of aromatic nitrogens is 3. The number of aryl methyl sites for hydroxylation is 1. The van der Waals surface area contributed by atoms with Crippen molar-refractivity contribution in [2.75, 3.05) is 18.1 Å². The van der Waals surface area contributed by atoms with E-state index >= 15 is 0 Å². The maximum absolute atomic E-state index is 9.82. The summed E-state index contributed by atoms with van der Waals surface area (Å²) in [6.07, 6.45) is -0.608. The van der Waals surface area contributed by atoms with Crippen LogP contribution in [0.4, 0.5) is 5.69 Å². The molecular weight excluding hydrogens is 264 g/mol. The highest BCUT2D eigenvalue weighted by atomic mass is 32.2. The third-order valence-electron chi connectivity index (χ3n) is 2.33. The van der Waals surface area contributed by atoms with Crippen LogP contribution >= 0.6 is 11.8 Å². The van der Waals surface area contributed by atoms with Crippen LogP contribution in [-0.4, -0.2) is 38.8 Å². The number of nitrogens with one attached hydrogen (secondary N) is 1. The van der Waals surface area contributed by atoms with E-state index in [0.717, 1.165) is 5.82 Å². The average Bonchev–Trinajstić information content (AvgIpc) is 2.81. The molecular formula is C12H16N4O2S. The summed E-state index contributed by atoms with van der Waals surface area (Å²) in [5.41, 5.74) is 6.30. The molecule has 6 nitrogen and oxygen atoms in total. The van der Waals surface area contributed by atoms with Crippen molar-refractivity contribution in [3.05, 3.63) is 30.1 Å². The molecule has 2 aromatic rings. The zero-order valence-electron chi connectivity index (χ0n) is 10.5. The molecule has 0 aliphatic carbocycles. The van der Waals surface area contributed by atoms with E-state index in [0.29, 0.717) is 22.3 Å². The molecule has 2 rings (SSSR count). The molecule has 0 aliphatic rings. The molecule has 0 radical (unpaired) electrons. The number of aromatic amines is 1. The van der Waals surface area contributed by atoms with Gasteiger partial charge in [0.1, 0.15) is 18.2 Å². The Labute approximate surface area is 115 Å². The molecule has 0 bridgehead atoms. The quantitative estimate of drug-likeness (QED) is 0.544. The number of rotatable bonds is 6. The van der Waals surface area contributed by atoms with Crippen LogP contribution in [0.3, 0.4) is 0 Å². The van der Waals surface area contributed by atoms with E-state index < -0.39 is 6.10 Å². The second-order valence-corrected chi connectivity index (χ2v) is 5.00. The third-order valence-corrected chi connectivity index (χ3v) is 3.32. The van der Waals surface area contributed by atoms with Gasteiger partial charge in [0.25, 0.3) is 0 Å². The summed E-state index contributed by atoms with van der Waals surface area (Å²) in [6, 6.07) is 7.20. The predicted molar refractivity (Wildman–Crippen MR) is 74.2 cm³/mol. The number of anilines is 1. The van der Waals surface area contributed by atoms with Gasteiger partial charge in [-0.3, -0.25) is 5.10 Å². The molecule has 0 spiro atoms. The van der Waals surface area contributed by atoms with E-state index in [-0.39, 0.29) is 6.61 Å². The highest BCUT2D eigenvalue weighted by molar-refractivity contribution is 7.99. The number of nitrogen functional groups attached to an aromatic ring is 1. The van der Waals surface area contributed by atoms with Gasteiger partial charge in [0.15, 0.2) is 0 Å². The van der Waals surface area contributed by atoms with Gasteiger partial charge in [0.2, 0.25) is 5.16 Å². The Balaban J connectivity index is 1.76. The fraction of sp³-hybridized carbons (Fsp3) is 0.333. The monoisotopic (exact) mass is 280 g/mol. The first kappa shape index (κ1) is 13.7. The molecule has 0 amide bonds. The molecule has 1 aromatic heterocycles. The third kappa shape index (κ3) is 4.15. The fourth-order valence-electron chi connectivity index (χ4n) is 1.40. The van der Waals surface area contributed by atoms with Crippen molar-refractivity contribution in [1.29, 1.82) is 0 Å². The number of ether oxygens (including phenoxy) is 1. The number of benzene rings is 1. The summed E-state index contributed by atoms with van der Waals surface area (Å²) in [7, 11) is 0. The maximum atomic E-state index is 9.82. The summed E-state index contributed by atoms with van der Waals surface area (Å²) < 4.78 is 5.46. The minimum absolute atomic E-state index is 0.185. The first-order valence-corrected chi connectivity index (χ1v) is 6.81. The van der Waals surface area contributed by atoms with Gasteiger partial charge in [0.05, 0.1) is 11.8 Å². The SMILES string of the molecule is Cc1nc(SCC(O)COc2ccccc2N)n[nH]1. The zero-order valence-corrected chi connectivity index (χ0v) is 11.4. The first-order chi connectivity index (χ1) is 9.15. The lowest BCUT2D eigenvalue weighted by Gasteiger charge is -2.12. The summed E-state index contributed by atoms with van der Waals surface area (Å²) in [5.74, 6) is 1.80. The van der Waals surface area contributed by atoms with Crippen molar-refractivity contribution in [3.63, 3.8) is 0 Å². The normalized spacial score (nSPS) is 12.3. The second kappa shape index (κ2) is 6.44. The fourth-order valence-corrected chi connectivity index (χ4v) is 2.15. The van der Waals surface area contributed by atoms with Crippen LogP contribution in [0.15, 0.2) is 29.4 Å². The van der Waals surface area contributed by atoms with Gasteiger partial charge in [-0.15, -0.1) is 5.10 Å². The van der Waals surface area contributed by atoms with Crippen LogP contribution < -0.4 is 10.5 Å². The van der Waals surface area contributed by atoms with Crippen molar-refractivity contribution in [2.45, 2.75) is 18.2 Å². The van der Waals surface area contributed by atoms with Gasteiger partial charge < -0.3 is 15.6 Å². The minimum Gasteiger partial charge on any atom is -0.489 e. The number of nitrogens with zero attached hydrogens (tertiary/aromatic N) is 2. The Morgan fingerprint density at radius 1 is 1.47 bits per heavy atom. The Kier molecular flexibility index (Phi) is 4.64. The van der Waals surface area contributed by atoms with E-state index in [4.69, 9.17) is 10.5 Å². The molecule has 1 aromatic carbocycles. The van der Waals surface area contributed by atoms with Crippen molar-refractivity contribution in [2.24, 2.45) is 0 Å². The highest BCUT2D eigenvalue weighted by Gasteiger charge is 2.09. The van der Waals surface area contributed by atoms with Crippen LogP contribution in [0.5, 0.6) is 5.75 Å². The lowest BCUT2D eigenvalue weighted by Crippen LogP contribution is -2.20. The number of hydrogen-bond donors (Lipinski definition) is 3. The van der Waals surface area contributed by atoms with Crippen LogP contribution in [0.1, 0.15) is 5.82 Å². The molecule has 0 saturated heterocycles. The lowest BCUT2D eigenvalue weighted by molar-refractivity contribution is 0.127. The highest BCUT2D eigenvalue weighted by Crippen LogP contribution is 2.20. The van der Waals surface area contributed by atoms with E-state index in [1.165, 1.54) is 11.8 Å². The smallest absolute Gasteiger partial charge is 0.208 e. The Morgan fingerprint density at radius 2 is 2.26 bits per heavy atom. The van der Waals surface area contributed by atoms with Crippen LogP contribution in [0.25, 0.3) is 0 Å². The number of aliphatic hydroxyl groups excluding tert-OH is 1. The van der Waals surface area contributed by atoms with Crippen LogP contribution in [-0.2, 0) is 0 Å². The molecule has 7 heteroatoms. The van der Waals surface area contributed by atoms with Gasteiger partial charge in [0, 0.05) is 5.75 Å². The van der Waals surface area contributed by atoms with Crippen LogP contribution in [0, 0.1) is 6.92 Å². The largest absolute Gasteiger partial charge is 0.489 e. The Hall–Kier alpha value is -1.73. The van der Waals surface area contributed by atoms with Crippen molar-refractivity contribution >= 4 is 17.4 Å². The van der Waals surface area contributed by atoms with Crippen molar-refractivity contribution in [3.8, 4) is 5.75 Å². The molecule has 0 fully saturated rings. The van der Waals surface area contributed by atoms with Gasteiger partial charge in [-0.05, 0) is 19.1 Å². The van der Waals surface area contributed by atoms with Gasteiger partial charge in [-0.2, -0.15) is 0 Å². The number of thioether (sulfide) groups is 1. The lowest BCUT2D eigenvalue weighted by atomic mass is 10.3. The van der Waals surface area contributed by atoms with E-state index in [2.05, 4.69) is 15.2 Å². The minimum atomic E-state index is -0.608. The topological polar surface area (TPSA) is 97.1 Å². The van der Waals surface area contributed by atoms with E-state index in [1.807, 2.05) is 19.1 Å². The maximum Gasteiger partial charge on any atom is 0.208 e. The van der Waals surface area contributed by atoms with Crippen LogP contribution in [0.2, 0.25) is 0 Å². The summed E-state index contributed by atoms with van der Waals surface area (Å²) in [5, 5.41) is 17.2. The molecule has 1 heterocycles. The summed E-state index contributed by atoms with van der Waals surface area (Å²) in [6.45, 7) is 2.01. The average molecular weight is 280 g/mol. The molecule has 4 N–H and O–H groups in total. The Bertz CT molecular complexity index is 532. The molecule has 0 aliphatic heterocycles. The number of nitrogens with two attached hydrogens (primary N) is 1. The van der Waals surface area contributed by atoms with Gasteiger partial charge in [-0.1, -0.05) is 23.9 Å². The molecule has 102 valence electrons. The van der Waals surface area contributed by atoms with Crippen molar-refractivity contribution in [1.82, 2.24) is 15.2 Å². The number of hydrogen-bond acceptors (Lipinski definition) is 6. The molecule has 0 saturated carbocycles. The van der Waals surface area contributed by atoms with E-state index in [9.17, 15) is 5.11 Å². The summed E-state index contributed by atoms with van der Waals surface area (Å²) >= 11 is 1.37. The molecule has 1 atom stereocenters. The molecule has 1 unspecified atom stereocenters. The van der Waals surface area contributed by atoms with Gasteiger partial charge in [-0.25, -0.2) is 4.98 Å².